The van der Waals surface area contributed by atoms with Crippen molar-refractivity contribution in [2.75, 3.05) is 0 Å². The monoisotopic (exact) mass is 582 g/mol. The van der Waals surface area contributed by atoms with Crippen LogP contribution in [0.5, 0.6) is 0 Å². The van der Waals surface area contributed by atoms with Gasteiger partial charge in [0.05, 0.1) is 18.1 Å². The first-order chi connectivity index (χ1) is 20.0. The second kappa shape index (κ2) is 12.4. The number of benzene rings is 3. The summed E-state index contributed by atoms with van der Waals surface area (Å²) >= 11 is 0. The lowest BCUT2D eigenvalue weighted by atomic mass is 9.91. The average molecular weight is 583 g/mol. The quantitative estimate of drug-likeness (QED) is 0.145. The van der Waals surface area contributed by atoms with Gasteiger partial charge in [-0.15, -0.1) is 0 Å². The van der Waals surface area contributed by atoms with Crippen molar-refractivity contribution < 1.29 is 23.5 Å². The molecule has 5 rings (SSSR count). The molecule has 1 aliphatic carbocycles. The fourth-order valence-corrected chi connectivity index (χ4v) is 7.00. The van der Waals surface area contributed by atoms with Gasteiger partial charge in [0.2, 0.25) is 0 Å². The second-order valence-corrected chi connectivity index (χ2v) is 17.8. The molecule has 0 bridgehead atoms. The third-order valence-electron chi connectivity index (χ3n) is 9.12. The summed E-state index contributed by atoms with van der Waals surface area (Å²) in [6, 6.07) is 28.0. The summed E-state index contributed by atoms with van der Waals surface area (Å²) in [6.07, 6.45) is 5.11. The zero-order valence-corrected chi connectivity index (χ0v) is 26.3. The molecule has 2 fully saturated rings. The summed E-state index contributed by atoms with van der Waals surface area (Å²) in [7, 11) is -2.07. The molecule has 220 valence electrons. The number of hydrogen-bond donors (Lipinski definition) is 0. The molecule has 0 N–H and O–H groups in total. The number of carbonyl (C=O) groups excluding carboxylic acids is 2. The topological polar surface area (TPSA) is 61.8 Å². The lowest BCUT2D eigenvalue weighted by Gasteiger charge is -2.39. The van der Waals surface area contributed by atoms with Gasteiger partial charge in [0, 0.05) is 24.7 Å². The van der Waals surface area contributed by atoms with Crippen molar-refractivity contribution in [3.63, 3.8) is 0 Å². The van der Waals surface area contributed by atoms with Gasteiger partial charge in [-0.3, -0.25) is 4.79 Å². The lowest BCUT2D eigenvalue weighted by Crippen LogP contribution is -2.44. The van der Waals surface area contributed by atoms with Gasteiger partial charge >= 0.3 is 11.9 Å². The molecule has 5 atom stereocenters. The van der Waals surface area contributed by atoms with E-state index in [0.29, 0.717) is 18.4 Å². The van der Waals surface area contributed by atoms with E-state index >= 15 is 0 Å². The van der Waals surface area contributed by atoms with Crippen molar-refractivity contribution in [2.45, 2.75) is 76.5 Å². The van der Waals surface area contributed by atoms with Crippen LogP contribution in [0.15, 0.2) is 97.1 Å². The highest BCUT2D eigenvalue weighted by molar-refractivity contribution is 6.74. The molecule has 1 saturated heterocycles. The number of rotatable bonds is 9. The van der Waals surface area contributed by atoms with Crippen LogP contribution in [0, 0.1) is 11.8 Å². The number of hydrogen-bond acceptors (Lipinski definition) is 5. The van der Waals surface area contributed by atoms with E-state index in [2.05, 4.69) is 58.2 Å². The summed E-state index contributed by atoms with van der Waals surface area (Å²) in [6.45, 7) is 11.3. The van der Waals surface area contributed by atoms with E-state index in [4.69, 9.17) is 13.9 Å². The van der Waals surface area contributed by atoms with E-state index in [9.17, 15) is 9.59 Å². The molecule has 0 radical (unpaired) electrons. The summed E-state index contributed by atoms with van der Waals surface area (Å²) in [5, 5.41) is 0.0636. The van der Waals surface area contributed by atoms with Gasteiger partial charge in [0.1, 0.15) is 12.2 Å². The fourth-order valence-electron chi connectivity index (χ4n) is 5.73. The molecule has 42 heavy (non-hydrogen) atoms. The molecule has 0 amide bonds. The first kappa shape index (κ1) is 30.0. The zero-order chi connectivity index (χ0) is 29.9. The highest BCUT2D eigenvalue weighted by Crippen LogP contribution is 2.44. The molecule has 3 aromatic carbocycles. The lowest BCUT2D eigenvalue weighted by molar-refractivity contribution is -0.141. The summed E-state index contributed by atoms with van der Waals surface area (Å²) in [4.78, 5) is 25.5. The van der Waals surface area contributed by atoms with E-state index in [1.54, 1.807) is 0 Å². The molecule has 1 aliphatic heterocycles. The van der Waals surface area contributed by atoms with Crippen molar-refractivity contribution in [3.8, 4) is 11.1 Å². The smallest absolute Gasteiger partial charge is 0.338 e. The SMILES string of the molecule is CC(C)(C)[Si](C)(C)O[C@@H](/C=C/[C@@H]1[C@H]2CC(=O)O[C@H]2C[C@H]1OC(=O)c1ccc(-c2ccccc2)cc1)Cc1ccccc1. The Labute approximate surface area is 251 Å². The maximum Gasteiger partial charge on any atom is 0.338 e. The van der Waals surface area contributed by atoms with Gasteiger partial charge in [0.25, 0.3) is 0 Å². The van der Waals surface area contributed by atoms with E-state index in [1.807, 2.05) is 72.8 Å². The maximum atomic E-state index is 13.3. The predicted molar refractivity (Wildman–Crippen MR) is 169 cm³/mol. The van der Waals surface area contributed by atoms with Crippen molar-refractivity contribution in [2.24, 2.45) is 11.8 Å². The van der Waals surface area contributed by atoms with Crippen LogP contribution in [0.1, 0.15) is 49.5 Å². The summed E-state index contributed by atoms with van der Waals surface area (Å²) in [5.74, 6) is -0.682. The van der Waals surface area contributed by atoms with Gasteiger partial charge in [-0.05, 0) is 47.0 Å². The number of esters is 2. The van der Waals surface area contributed by atoms with Gasteiger partial charge in [-0.2, -0.15) is 0 Å². The van der Waals surface area contributed by atoms with E-state index < -0.39 is 8.32 Å². The summed E-state index contributed by atoms with van der Waals surface area (Å²) < 4.78 is 18.6. The third-order valence-corrected chi connectivity index (χ3v) is 13.6. The predicted octanol–water partition coefficient (Wildman–Crippen LogP) is 8.02. The fraction of sp³-hybridized carbons (Fsp3) is 0.389. The Balaban J connectivity index is 1.35. The normalized spacial score (nSPS) is 23.0. The van der Waals surface area contributed by atoms with Crippen molar-refractivity contribution in [1.82, 2.24) is 0 Å². The highest BCUT2D eigenvalue weighted by atomic mass is 28.4. The standard InChI is InChI=1S/C36H42O5Si/c1-36(2,3)42(4,5)41-29(22-25-12-8-6-9-13-25)20-21-30-31-23-34(37)39-33(31)24-32(30)40-35(38)28-18-16-27(17-19-28)26-14-10-7-11-15-26/h6-21,29-33H,22-24H2,1-5H3/b21-20+/t29-,30+,31+,32+,33-/m0/s1. The zero-order valence-electron chi connectivity index (χ0n) is 25.3. The summed E-state index contributed by atoms with van der Waals surface area (Å²) in [5.41, 5.74) is 3.85. The Morgan fingerprint density at radius 1 is 0.952 bits per heavy atom. The highest BCUT2D eigenvalue weighted by Gasteiger charge is 2.51. The van der Waals surface area contributed by atoms with Gasteiger partial charge in [0.15, 0.2) is 8.32 Å². The van der Waals surface area contributed by atoms with Crippen LogP contribution in [-0.4, -0.2) is 38.6 Å². The first-order valence-electron chi connectivity index (χ1n) is 15.0. The molecule has 2 aliphatic rings. The molecule has 0 aromatic heterocycles. The number of ether oxygens (including phenoxy) is 2. The van der Waals surface area contributed by atoms with Gasteiger partial charge in [-0.1, -0.05) is 106 Å². The van der Waals surface area contributed by atoms with Crippen LogP contribution in [0.4, 0.5) is 0 Å². The second-order valence-electron chi connectivity index (χ2n) is 13.1. The Kier molecular flexibility index (Phi) is 8.85. The molecule has 0 spiro atoms. The third kappa shape index (κ3) is 6.93. The van der Waals surface area contributed by atoms with Crippen molar-refractivity contribution in [3.05, 3.63) is 108 Å². The maximum absolute atomic E-state index is 13.3. The Hall–Kier alpha value is -3.48. The van der Waals surface area contributed by atoms with Crippen LogP contribution < -0.4 is 0 Å². The Morgan fingerprint density at radius 3 is 2.21 bits per heavy atom. The molecule has 5 nitrogen and oxygen atoms in total. The Bertz CT molecular complexity index is 1390. The van der Waals surface area contributed by atoms with Crippen molar-refractivity contribution >= 4 is 20.3 Å². The molecular formula is C36H42O5Si. The van der Waals surface area contributed by atoms with Crippen LogP contribution >= 0.6 is 0 Å². The van der Waals surface area contributed by atoms with Crippen LogP contribution in [0.3, 0.4) is 0 Å². The first-order valence-corrected chi connectivity index (χ1v) is 17.9. The van der Waals surface area contributed by atoms with Crippen LogP contribution in [0.25, 0.3) is 11.1 Å². The molecule has 1 heterocycles. The molecule has 0 unspecified atom stereocenters. The van der Waals surface area contributed by atoms with E-state index in [0.717, 1.165) is 17.5 Å². The van der Waals surface area contributed by atoms with Gasteiger partial charge < -0.3 is 13.9 Å². The molecule has 6 heteroatoms. The molecular weight excluding hydrogens is 540 g/mol. The van der Waals surface area contributed by atoms with Crippen LogP contribution in [0.2, 0.25) is 18.1 Å². The largest absolute Gasteiger partial charge is 0.462 e. The van der Waals surface area contributed by atoms with Crippen LogP contribution in [-0.2, 0) is 25.1 Å². The van der Waals surface area contributed by atoms with E-state index in [1.165, 1.54) is 5.56 Å². The Morgan fingerprint density at radius 2 is 1.57 bits per heavy atom. The minimum Gasteiger partial charge on any atom is -0.462 e. The molecule has 1 saturated carbocycles. The minimum atomic E-state index is -2.07. The average Bonchev–Trinajstić information content (AvgIpc) is 3.47. The van der Waals surface area contributed by atoms with Crippen molar-refractivity contribution in [1.29, 1.82) is 0 Å². The number of carbonyl (C=O) groups is 2. The molecule has 3 aromatic rings. The van der Waals surface area contributed by atoms with E-state index in [-0.39, 0.29) is 47.1 Å². The minimum absolute atomic E-state index is 0.0164. The van der Waals surface area contributed by atoms with Gasteiger partial charge in [-0.25, -0.2) is 4.79 Å². The number of fused-ring (bicyclic) bond motifs is 1.